The zero-order valence-corrected chi connectivity index (χ0v) is 16.5. The van der Waals surface area contributed by atoms with E-state index >= 15 is 0 Å². The van der Waals surface area contributed by atoms with Crippen LogP contribution >= 0.6 is 0 Å². The molecule has 1 amide bonds. The van der Waals surface area contributed by atoms with Crippen LogP contribution < -0.4 is 14.8 Å². The molecule has 0 aliphatic rings. The second kappa shape index (κ2) is 8.62. The van der Waals surface area contributed by atoms with Crippen molar-refractivity contribution in [1.82, 2.24) is 5.32 Å². The molecule has 7 heteroatoms. The highest BCUT2D eigenvalue weighted by Crippen LogP contribution is 2.27. The molecule has 0 saturated carbocycles. The number of nitrogens with one attached hydrogen (secondary N) is 1. The summed E-state index contributed by atoms with van der Waals surface area (Å²) in [6.45, 7) is 7.05. The van der Waals surface area contributed by atoms with Crippen molar-refractivity contribution in [2.45, 2.75) is 40.3 Å². The largest absolute Gasteiger partial charge is 0.493 e. The van der Waals surface area contributed by atoms with Gasteiger partial charge >= 0.3 is 5.97 Å². The molecule has 27 heavy (non-hydrogen) atoms. The van der Waals surface area contributed by atoms with Gasteiger partial charge in [-0.25, -0.2) is 4.79 Å². The Bertz CT molecular complexity index is 839. The molecule has 7 nitrogen and oxygen atoms in total. The number of aryl methyl sites for hydroxylation is 2. The SMILES string of the molecule is COc1ccc(CNC(=O)[C@@H](C)OC(=O)c2c(C)oc(C)c2C)cc1OC. The number of benzene rings is 1. The number of hydrogen-bond donors (Lipinski definition) is 1. The lowest BCUT2D eigenvalue weighted by Crippen LogP contribution is -2.35. The quantitative estimate of drug-likeness (QED) is 0.749. The van der Waals surface area contributed by atoms with Crippen LogP contribution in [-0.2, 0) is 16.1 Å². The van der Waals surface area contributed by atoms with Gasteiger partial charge in [-0.15, -0.1) is 0 Å². The van der Waals surface area contributed by atoms with E-state index in [1.54, 1.807) is 47.1 Å². The van der Waals surface area contributed by atoms with E-state index in [9.17, 15) is 9.59 Å². The minimum atomic E-state index is -0.938. The molecule has 0 saturated heterocycles. The highest BCUT2D eigenvalue weighted by atomic mass is 16.5. The monoisotopic (exact) mass is 375 g/mol. The minimum absolute atomic E-state index is 0.268. The van der Waals surface area contributed by atoms with Crippen molar-refractivity contribution in [1.29, 1.82) is 0 Å². The summed E-state index contributed by atoms with van der Waals surface area (Å²) in [4.78, 5) is 24.6. The summed E-state index contributed by atoms with van der Waals surface area (Å²) in [6.07, 6.45) is -0.938. The Labute approximate surface area is 158 Å². The van der Waals surface area contributed by atoms with E-state index in [2.05, 4.69) is 5.32 Å². The zero-order chi connectivity index (χ0) is 20.1. The number of rotatable bonds is 7. The van der Waals surface area contributed by atoms with Crippen LogP contribution in [0.4, 0.5) is 0 Å². The molecule has 0 fully saturated rings. The molecule has 0 aliphatic carbocycles. The number of hydrogen-bond acceptors (Lipinski definition) is 6. The van der Waals surface area contributed by atoms with Gasteiger partial charge in [-0.05, 0) is 45.4 Å². The molecular weight excluding hydrogens is 350 g/mol. The first kappa shape index (κ1) is 20.4. The van der Waals surface area contributed by atoms with Crippen molar-refractivity contribution in [3.8, 4) is 11.5 Å². The summed E-state index contributed by atoms with van der Waals surface area (Å²) in [5, 5.41) is 2.74. The summed E-state index contributed by atoms with van der Waals surface area (Å²) < 4.78 is 21.1. The Morgan fingerprint density at radius 2 is 1.74 bits per heavy atom. The summed E-state index contributed by atoms with van der Waals surface area (Å²) in [5.41, 5.74) is 1.92. The summed E-state index contributed by atoms with van der Waals surface area (Å²) >= 11 is 0. The molecular formula is C20H25NO6. The number of furan rings is 1. The van der Waals surface area contributed by atoms with Crippen LogP contribution in [0, 0.1) is 20.8 Å². The highest BCUT2D eigenvalue weighted by Gasteiger charge is 2.24. The molecule has 2 rings (SSSR count). The molecule has 1 N–H and O–H groups in total. The first-order chi connectivity index (χ1) is 12.8. The van der Waals surface area contributed by atoms with Crippen molar-refractivity contribution in [2.24, 2.45) is 0 Å². The normalized spacial score (nSPS) is 11.6. The van der Waals surface area contributed by atoms with Crippen molar-refractivity contribution in [2.75, 3.05) is 14.2 Å². The van der Waals surface area contributed by atoms with E-state index in [0.29, 0.717) is 28.6 Å². The van der Waals surface area contributed by atoms with Crippen molar-refractivity contribution in [3.63, 3.8) is 0 Å². The average Bonchev–Trinajstić information content (AvgIpc) is 2.90. The lowest BCUT2D eigenvalue weighted by atomic mass is 10.1. The lowest BCUT2D eigenvalue weighted by Gasteiger charge is -2.14. The Balaban J connectivity index is 1.97. The predicted molar refractivity (Wildman–Crippen MR) is 99.2 cm³/mol. The van der Waals surface area contributed by atoms with Crippen LogP contribution in [0.15, 0.2) is 22.6 Å². The zero-order valence-electron chi connectivity index (χ0n) is 16.5. The van der Waals surface area contributed by atoms with E-state index in [4.69, 9.17) is 18.6 Å². The van der Waals surface area contributed by atoms with Crippen molar-refractivity contribution >= 4 is 11.9 Å². The van der Waals surface area contributed by atoms with E-state index in [0.717, 1.165) is 11.1 Å². The van der Waals surface area contributed by atoms with Crippen LogP contribution in [0.2, 0.25) is 0 Å². The molecule has 1 heterocycles. The molecule has 1 atom stereocenters. The predicted octanol–water partition coefficient (Wildman–Crippen LogP) is 3.08. The molecule has 0 unspecified atom stereocenters. The van der Waals surface area contributed by atoms with Gasteiger partial charge in [-0.2, -0.15) is 0 Å². The van der Waals surface area contributed by atoms with Gasteiger partial charge in [0.05, 0.1) is 14.2 Å². The summed E-state index contributed by atoms with van der Waals surface area (Å²) in [6, 6.07) is 5.35. The van der Waals surface area contributed by atoms with Gasteiger partial charge in [0.25, 0.3) is 5.91 Å². The fourth-order valence-electron chi connectivity index (χ4n) is 2.69. The van der Waals surface area contributed by atoms with Gasteiger partial charge in [0.2, 0.25) is 0 Å². The van der Waals surface area contributed by atoms with Crippen LogP contribution in [0.25, 0.3) is 0 Å². The molecule has 146 valence electrons. The van der Waals surface area contributed by atoms with Gasteiger partial charge in [0.1, 0.15) is 17.1 Å². The van der Waals surface area contributed by atoms with E-state index in [1.807, 2.05) is 6.07 Å². The summed E-state index contributed by atoms with van der Waals surface area (Å²) in [7, 11) is 3.10. The first-order valence-corrected chi connectivity index (χ1v) is 8.54. The standard InChI is InChI=1S/C20H25NO6/c1-11-12(2)26-13(3)18(11)20(23)27-14(4)19(22)21-10-15-7-8-16(24-5)17(9-15)25-6/h7-9,14H,10H2,1-6H3,(H,21,22)/t14-/m1/s1. The molecule has 0 spiro atoms. The van der Waals surface area contributed by atoms with Gasteiger partial charge in [0, 0.05) is 12.1 Å². The van der Waals surface area contributed by atoms with Crippen molar-refractivity contribution in [3.05, 3.63) is 46.4 Å². The summed E-state index contributed by atoms with van der Waals surface area (Å²) in [5.74, 6) is 1.35. The molecule has 0 radical (unpaired) electrons. The smallest absolute Gasteiger partial charge is 0.342 e. The van der Waals surface area contributed by atoms with Gasteiger partial charge in [-0.1, -0.05) is 6.07 Å². The second-order valence-electron chi connectivity index (χ2n) is 6.17. The second-order valence-corrected chi connectivity index (χ2v) is 6.17. The van der Waals surface area contributed by atoms with E-state index in [1.165, 1.54) is 6.92 Å². The Hall–Kier alpha value is -2.96. The topological polar surface area (TPSA) is 87.0 Å². The number of ether oxygens (including phenoxy) is 3. The van der Waals surface area contributed by atoms with E-state index in [-0.39, 0.29) is 6.54 Å². The first-order valence-electron chi connectivity index (χ1n) is 8.54. The molecule has 0 aliphatic heterocycles. The van der Waals surface area contributed by atoms with Crippen LogP contribution in [0.3, 0.4) is 0 Å². The Kier molecular flexibility index (Phi) is 6.50. The van der Waals surface area contributed by atoms with Crippen molar-refractivity contribution < 1.29 is 28.2 Å². The molecule has 1 aromatic carbocycles. The van der Waals surface area contributed by atoms with Gasteiger partial charge < -0.3 is 23.9 Å². The fourth-order valence-corrected chi connectivity index (χ4v) is 2.69. The van der Waals surface area contributed by atoms with Gasteiger partial charge in [-0.3, -0.25) is 4.79 Å². The maximum absolute atomic E-state index is 12.4. The maximum atomic E-state index is 12.4. The lowest BCUT2D eigenvalue weighted by molar-refractivity contribution is -0.129. The molecule has 1 aromatic heterocycles. The third-order valence-corrected chi connectivity index (χ3v) is 4.33. The third-order valence-electron chi connectivity index (χ3n) is 4.33. The number of carbonyl (C=O) groups excluding carboxylic acids is 2. The molecule has 2 aromatic rings. The van der Waals surface area contributed by atoms with E-state index < -0.39 is 18.0 Å². The minimum Gasteiger partial charge on any atom is -0.493 e. The van der Waals surface area contributed by atoms with Crippen LogP contribution in [0.5, 0.6) is 11.5 Å². The number of esters is 1. The van der Waals surface area contributed by atoms with Gasteiger partial charge in [0.15, 0.2) is 17.6 Å². The van der Waals surface area contributed by atoms with Crippen LogP contribution in [-0.4, -0.2) is 32.2 Å². The number of amides is 1. The highest BCUT2D eigenvalue weighted by molar-refractivity contribution is 5.94. The Morgan fingerprint density at radius 1 is 1.07 bits per heavy atom. The fraction of sp³-hybridized carbons (Fsp3) is 0.400. The Morgan fingerprint density at radius 3 is 2.30 bits per heavy atom. The van der Waals surface area contributed by atoms with Crippen LogP contribution in [0.1, 0.15) is 39.9 Å². The third kappa shape index (κ3) is 4.61. The number of carbonyl (C=O) groups is 2. The maximum Gasteiger partial charge on any atom is 0.342 e. The number of methoxy groups -OCH3 is 2. The average molecular weight is 375 g/mol. The molecule has 0 bridgehead atoms.